The Hall–Kier alpha value is -2.07. The lowest BCUT2D eigenvalue weighted by molar-refractivity contribution is 0.256. The number of benzene rings is 2. The number of halogens is 1. The van der Waals surface area contributed by atoms with Gasteiger partial charge in [-0.1, -0.05) is 52.3 Å². The number of hydrogen-bond acceptors (Lipinski definition) is 1. The topological polar surface area (TPSA) is 46.3 Å². The number of fused-ring (bicyclic) bond motifs is 2. The number of hydrogen-bond donors (Lipinski definition) is 1. The van der Waals surface area contributed by atoms with E-state index in [1.807, 2.05) is 54.6 Å². The number of amides is 2. The van der Waals surface area contributed by atoms with Crippen LogP contribution in [0.4, 0.5) is 16.2 Å². The van der Waals surface area contributed by atoms with Crippen LogP contribution in [0.25, 0.3) is 10.6 Å². The molecule has 2 aromatic rings. The first-order valence-electron chi connectivity index (χ1n) is 5.83. The van der Waals surface area contributed by atoms with Crippen LogP contribution in [0.5, 0.6) is 0 Å². The zero-order chi connectivity index (χ0) is 13.4. The Kier molecular flexibility index (Phi) is 2.87. The SMILES string of the molecule is NC(=O)N1c2ccccc2C=C(Br)c2ccccc21. The number of rotatable bonds is 0. The first-order chi connectivity index (χ1) is 9.18. The third kappa shape index (κ3) is 1.94. The second-order valence-electron chi connectivity index (χ2n) is 4.24. The number of nitrogens with two attached hydrogens (primary N) is 1. The number of anilines is 2. The Morgan fingerprint density at radius 1 is 1.00 bits per heavy atom. The zero-order valence-corrected chi connectivity index (χ0v) is 11.6. The molecule has 2 N–H and O–H groups in total. The molecule has 94 valence electrons. The Morgan fingerprint density at radius 3 is 2.37 bits per heavy atom. The van der Waals surface area contributed by atoms with Gasteiger partial charge in [0, 0.05) is 10.0 Å². The van der Waals surface area contributed by atoms with Crippen molar-refractivity contribution in [3.05, 3.63) is 59.7 Å². The molecule has 0 saturated carbocycles. The summed E-state index contributed by atoms with van der Waals surface area (Å²) in [5.74, 6) is 0. The molecule has 0 atom stereocenters. The van der Waals surface area contributed by atoms with Gasteiger partial charge in [0.25, 0.3) is 0 Å². The van der Waals surface area contributed by atoms with E-state index in [4.69, 9.17) is 5.73 Å². The fraction of sp³-hybridized carbons (Fsp3) is 0. The van der Waals surface area contributed by atoms with Gasteiger partial charge in [0.2, 0.25) is 0 Å². The van der Waals surface area contributed by atoms with Crippen LogP contribution in [0, 0.1) is 0 Å². The minimum atomic E-state index is -0.490. The van der Waals surface area contributed by atoms with Gasteiger partial charge in [0.05, 0.1) is 11.4 Å². The molecule has 2 aromatic carbocycles. The summed E-state index contributed by atoms with van der Waals surface area (Å²) in [7, 11) is 0. The van der Waals surface area contributed by atoms with Crippen LogP contribution in [-0.2, 0) is 0 Å². The van der Waals surface area contributed by atoms with E-state index >= 15 is 0 Å². The quantitative estimate of drug-likeness (QED) is 0.781. The van der Waals surface area contributed by atoms with Crippen molar-refractivity contribution in [2.45, 2.75) is 0 Å². The minimum Gasteiger partial charge on any atom is -0.351 e. The van der Waals surface area contributed by atoms with Gasteiger partial charge < -0.3 is 5.73 Å². The highest BCUT2D eigenvalue weighted by Gasteiger charge is 2.23. The van der Waals surface area contributed by atoms with Crippen molar-refractivity contribution in [1.29, 1.82) is 0 Å². The lowest BCUT2D eigenvalue weighted by atomic mass is 10.1. The predicted molar refractivity (Wildman–Crippen MR) is 81.4 cm³/mol. The van der Waals surface area contributed by atoms with E-state index in [-0.39, 0.29) is 0 Å². The van der Waals surface area contributed by atoms with Crippen LogP contribution < -0.4 is 10.6 Å². The van der Waals surface area contributed by atoms with E-state index in [0.717, 1.165) is 27.0 Å². The van der Waals surface area contributed by atoms with Crippen molar-refractivity contribution in [1.82, 2.24) is 0 Å². The number of carbonyl (C=O) groups is 1. The molecular formula is C15H11BrN2O. The average molecular weight is 315 g/mol. The van der Waals surface area contributed by atoms with E-state index in [9.17, 15) is 4.79 Å². The van der Waals surface area contributed by atoms with Gasteiger partial charge in [-0.3, -0.25) is 4.90 Å². The van der Waals surface area contributed by atoms with Crippen LogP contribution in [0.1, 0.15) is 11.1 Å². The fourth-order valence-corrected chi connectivity index (χ4v) is 2.85. The van der Waals surface area contributed by atoms with Gasteiger partial charge in [-0.25, -0.2) is 4.79 Å². The van der Waals surface area contributed by atoms with Crippen LogP contribution in [0.2, 0.25) is 0 Å². The van der Waals surface area contributed by atoms with E-state index in [1.165, 1.54) is 4.90 Å². The maximum Gasteiger partial charge on any atom is 0.323 e. The number of primary amides is 1. The molecular weight excluding hydrogens is 304 g/mol. The Balaban J connectivity index is 2.36. The molecule has 0 saturated heterocycles. The number of carbonyl (C=O) groups excluding carboxylic acids is 1. The van der Waals surface area contributed by atoms with Crippen molar-refractivity contribution in [3.8, 4) is 0 Å². The molecule has 0 fully saturated rings. The first-order valence-corrected chi connectivity index (χ1v) is 6.63. The third-order valence-electron chi connectivity index (χ3n) is 3.08. The summed E-state index contributed by atoms with van der Waals surface area (Å²) in [6.07, 6.45) is 2.00. The standard InChI is InChI=1S/C15H11BrN2O/c16-12-9-10-5-1-3-7-13(10)18(15(17)19)14-8-4-2-6-11(12)14/h1-9H,(H2,17,19). The van der Waals surface area contributed by atoms with Crippen LogP contribution in [0.15, 0.2) is 48.5 Å². The molecule has 3 rings (SSSR count). The number of urea groups is 1. The van der Waals surface area contributed by atoms with E-state index < -0.39 is 6.03 Å². The molecule has 19 heavy (non-hydrogen) atoms. The second-order valence-corrected chi connectivity index (χ2v) is 5.10. The van der Waals surface area contributed by atoms with Gasteiger partial charge in [0.1, 0.15) is 0 Å². The summed E-state index contributed by atoms with van der Waals surface area (Å²) < 4.78 is 0.930. The maximum atomic E-state index is 11.8. The van der Waals surface area contributed by atoms with Gasteiger partial charge in [0.15, 0.2) is 0 Å². The minimum absolute atomic E-state index is 0.490. The maximum absolute atomic E-state index is 11.8. The average Bonchev–Trinajstić information content (AvgIpc) is 2.53. The van der Waals surface area contributed by atoms with E-state index in [0.29, 0.717) is 0 Å². The fourth-order valence-electron chi connectivity index (χ4n) is 2.27. The van der Waals surface area contributed by atoms with Crippen LogP contribution in [-0.4, -0.2) is 6.03 Å². The predicted octanol–water partition coefficient (Wildman–Crippen LogP) is 4.11. The van der Waals surface area contributed by atoms with E-state index in [1.54, 1.807) is 0 Å². The van der Waals surface area contributed by atoms with Gasteiger partial charge in [-0.15, -0.1) is 0 Å². The normalized spacial score (nSPS) is 13.1. The molecule has 0 bridgehead atoms. The molecule has 0 radical (unpaired) electrons. The number of para-hydroxylation sites is 2. The van der Waals surface area contributed by atoms with Crippen molar-refractivity contribution < 1.29 is 4.79 Å². The molecule has 0 aromatic heterocycles. The van der Waals surface area contributed by atoms with Crippen LogP contribution >= 0.6 is 15.9 Å². The van der Waals surface area contributed by atoms with Crippen molar-refractivity contribution in [3.63, 3.8) is 0 Å². The molecule has 0 aliphatic carbocycles. The second kappa shape index (κ2) is 4.55. The molecule has 1 aliphatic heterocycles. The van der Waals surface area contributed by atoms with Crippen molar-refractivity contribution in [2.24, 2.45) is 5.73 Å². The molecule has 4 heteroatoms. The third-order valence-corrected chi connectivity index (χ3v) is 3.74. The molecule has 0 spiro atoms. The number of nitrogens with zero attached hydrogens (tertiary/aromatic N) is 1. The monoisotopic (exact) mass is 314 g/mol. The molecule has 1 aliphatic rings. The largest absolute Gasteiger partial charge is 0.351 e. The Morgan fingerprint density at radius 2 is 1.63 bits per heavy atom. The highest BCUT2D eigenvalue weighted by molar-refractivity contribution is 9.15. The van der Waals surface area contributed by atoms with Gasteiger partial charge >= 0.3 is 6.03 Å². The molecule has 1 heterocycles. The first kappa shape index (κ1) is 12.0. The summed E-state index contributed by atoms with van der Waals surface area (Å²) in [6.45, 7) is 0. The zero-order valence-electron chi connectivity index (χ0n) is 10.0. The summed E-state index contributed by atoms with van der Waals surface area (Å²) in [5.41, 5.74) is 9.02. The summed E-state index contributed by atoms with van der Waals surface area (Å²) in [4.78, 5) is 13.4. The molecule has 2 amide bonds. The Bertz CT molecular complexity index is 694. The van der Waals surface area contributed by atoms with Gasteiger partial charge in [-0.2, -0.15) is 0 Å². The molecule has 3 nitrogen and oxygen atoms in total. The summed E-state index contributed by atoms with van der Waals surface area (Å²) in [5, 5.41) is 0. The van der Waals surface area contributed by atoms with E-state index in [2.05, 4.69) is 15.9 Å². The lowest BCUT2D eigenvalue weighted by Crippen LogP contribution is -2.32. The lowest BCUT2D eigenvalue weighted by Gasteiger charge is -2.22. The van der Waals surface area contributed by atoms with Crippen LogP contribution in [0.3, 0.4) is 0 Å². The highest BCUT2D eigenvalue weighted by Crippen LogP contribution is 2.41. The smallest absolute Gasteiger partial charge is 0.323 e. The van der Waals surface area contributed by atoms with Gasteiger partial charge in [-0.05, 0) is 23.8 Å². The highest BCUT2D eigenvalue weighted by atomic mass is 79.9. The summed E-state index contributed by atoms with van der Waals surface area (Å²) >= 11 is 3.57. The molecule has 0 unspecified atom stereocenters. The van der Waals surface area contributed by atoms with Crippen molar-refractivity contribution >= 4 is 43.9 Å². The summed E-state index contributed by atoms with van der Waals surface area (Å²) in [6, 6.07) is 14.9. The van der Waals surface area contributed by atoms with Crippen molar-refractivity contribution in [2.75, 3.05) is 4.90 Å². The Labute approximate surface area is 119 Å².